The zero-order valence-electron chi connectivity index (χ0n) is 17.4. The van der Waals surface area contributed by atoms with E-state index in [1.807, 2.05) is 41.9 Å². The first-order chi connectivity index (χ1) is 15.4. The molecule has 1 aliphatic rings. The third-order valence-electron chi connectivity index (χ3n) is 6.19. The van der Waals surface area contributed by atoms with Gasteiger partial charge in [0.1, 0.15) is 5.75 Å². The first-order valence-electron chi connectivity index (χ1n) is 10.4. The summed E-state index contributed by atoms with van der Waals surface area (Å²) in [7, 11) is 1.90. The number of halogens is 1. The molecule has 2 amide bonds. The molecule has 1 aromatic heterocycles. The van der Waals surface area contributed by atoms with Crippen LogP contribution in [0.2, 0.25) is 5.02 Å². The van der Waals surface area contributed by atoms with E-state index >= 15 is 0 Å². The third kappa shape index (κ3) is 2.98. The number of nitrogens with zero attached hydrogens (tertiary/aromatic N) is 1. The van der Waals surface area contributed by atoms with Crippen molar-refractivity contribution in [3.63, 3.8) is 0 Å². The van der Waals surface area contributed by atoms with Crippen LogP contribution in [0.5, 0.6) is 5.75 Å². The Balaban J connectivity index is 1.85. The van der Waals surface area contributed by atoms with Crippen molar-refractivity contribution in [2.75, 3.05) is 6.61 Å². The second-order valence-corrected chi connectivity index (χ2v) is 8.48. The number of carbonyl (C=O) groups is 2. The van der Waals surface area contributed by atoms with Crippen LogP contribution < -0.4 is 5.32 Å². The molecule has 1 aliphatic heterocycles. The van der Waals surface area contributed by atoms with E-state index in [9.17, 15) is 14.7 Å². The molecule has 3 N–H and O–H groups in total. The van der Waals surface area contributed by atoms with Gasteiger partial charge in [0.25, 0.3) is 11.8 Å². The van der Waals surface area contributed by atoms with Gasteiger partial charge in [-0.3, -0.25) is 14.9 Å². The molecule has 0 radical (unpaired) electrons. The van der Waals surface area contributed by atoms with Crippen molar-refractivity contribution in [1.82, 2.24) is 9.88 Å². The molecule has 0 fully saturated rings. The number of imide groups is 1. The molecule has 2 heterocycles. The maximum absolute atomic E-state index is 12.9. The van der Waals surface area contributed by atoms with Crippen LogP contribution in [0, 0.1) is 0 Å². The van der Waals surface area contributed by atoms with Crippen LogP contribution in [0.25, 0.3) is 32.9 Å². The van der Waals surface area contributed by atoms with Gasteiger partial charge in [-0.25, -0.2) is 0 Å². The summed E-state index contributed by atoms with van der Waals surface area (Å²) in [6.07, 6.45) is 2.04. The number of aliphatic hydroxyl groups excluding tert-OH is 1. The van der Waals surface area contributed by atoms with Crippen molar-refractivity contribution in [2.45, 2.75) is 19.3 Å². The molecule has 4 aromatic rings. The van der Waals surface area contributed by atoms with Crippen molar-refractivity contribution < 1.29 is 19.8 Å². The van der Waals surface area contributed by atoms with Gasteiger partial charge in [0, 0.05) is 40.5 Å². The summed E-state index contributed by atoms with van der Waals surface area (Å²) < 4.78 is 1.97. The third-order valence-corrected chi connectivity index (χ3v) is 6.52. The molecule has 7 heteroatoms. The summed E-state index contributed by atoms with van der Waals surface area (Å²) >= 11 is 6.44. The molecule has 6 nitrogen and oxygen atoms in total. The number of aromatic nitrogens is 1. The van der Waals surface area contributed by atoms with Gasteiger partial charge < -0.3 is 14.8 Å². The second-order valence-electron chi connectivity index (χ2n) is 8.07. The zero-order chi connectivity index (χ0) is 22.6. The Hall–Kier alpha value is -3.35. The number of aryl methyl sites for hydroxylation is 2. The van der Waals surface area contributed by atoms with Gasteiger partial charge >= 0.3 is 0 Å². The number of hydrogen-bond donors (Lipinski definition) is 3. The van der Waals surface area contributed by atoms with E-state index in [0.29, 0.717) is 50.9 Å². The smallest absolute Gasteiger partial charge is 0.259 e. The first-order valence-corrected chi connectivity index (χ1v) is 10.8. The molecule has 0 bridgehead atoms. The van der Waals surface area contributed by atoms with Crippen molar-refractivity contribution in [2.24, 2.45) is 7.05 Å². The topological polar surface area (TPSA) is 91.6 Å². The number of amides is 2. The zero-order valence-corrected chi connectivity index (χ0v) is 18.2. The molecule has 5 rings (SSSR count). The fraction of sp³-hybridized carbons (Fsp3) is 0.200. The number of carbonyl (C=O) groups excluding carboxylic acids is 2. The van der Waals surface area contributed by atoms with Gasteiger partial charge in [-0.05, 0) is 54.7 Å². The Kier molecular flexibility index (Phi) is 4.92. The first kappa shape index (κ1) is 20.5. The Labute approximate surface area is 189 Å². The van der Waals surface area contributed by atoms with Crippen LogP contribution in [0.15, 0.2) is 42.5 Å². The predicted octanol–water partition coefficient (Wildman–Crippen LogP) is 4.56. The molecule has 0 aliphatic carbocycles. The Morgan fingerprint density at radius 2 is 1.72 bits per heavy atom. The lowest BCUT2D eigenvalue weighted by Gasteiger charge is -2.10. The van der Waals surface area contributed by atoms with Crippen LogP contribution in [-0.2, 0) is 13.5 Å². The fourth-order valence-electron chi connectivity index (χ4n) is 4.64. The summed E-state index contributed by atoms with van der Waals surface area (Å²) in [5.41, 5.74) is 4.28. The monoisotopic (exact) mass is 448 g/mol. The Bertz CT molecular complexity index is 1440. The van der Waals surface area contributed by atoms with Gasteiger partial charge in [-0.2, -0.15) is 0 Å². The molecular weight excluding hydrogens is 428 g/mol. The van der Waals surface area contributed by atoms with Crippen molar-refractivity contribution >= 4 is 45.2 Å². The highest BCUT2D eigenvalue weighted by atomic mass is 35.5. The van der Waals surface area contributed by atoms with Crippen molar-refractivity contribution in [1.29, 1.82) is 0 Å². The van der Waals surface area contributed by atoms with Gasteiger partial charge in [-0.15, -0.1) is 0 Å². The van der Waals surface area contributed by atoms with Crippen LogP contribution in [-0.4, -0.2) is 33.2 Å². The van der Waals surface area contributed by atoms with Gasteiger partial charge in [0.05, 0.1) is 16.6 Å². The Morgan fingerprint density at radius 1 is 0.969 bits per heavy atom. The molecule has 0 atom stereocenters. The summed E-state index contributed by atoms with van der Waals surface area (Å²) in [5, 5.41) is 24.0. The summed E-state index contributed by atoms with van der Waals surface area (Å²) in [6, 6.07) is 12.7. The number of benzene rings is 3. The minimum Gasteiger partial charge on any atom is -0.508 e. The van der Waals surface area contributed by atoms with E-state index in [2.05, 4.69) is 5.32 Å². The maximum atomic E-state index is 12.9. The van der Waals surface area contributed by atoms with Crippen molar-refractivity contribution in [3.8, 4) is 16.9 Å². The number of aliphatic hydroxyl groups is 1. The van der Waals surface area contributed by atoms with E-state index in [0.717, 1.165) is 23.0 Å². The minimum atomic E-state index is -0.456. The number of phenols is 1. The molecule has 0 unspecified atom stereocenters. The molecule has 3 aromatic carbocycles. The van der Waals surface area contributed by atoms with E-state index in [-0.39, 0.29) is 12.4 Å². The van der Waals surface area contributed by atoms with Crippen LogP contribution in [0.3, 0.4) is 0 Å². The summed E-state index contributed by atoms with van der Waals surface area (Å²) in [5.74, 6) is -0.775. The van der Waals surface area contributed by atoms with Gasteiger partial charge in [-0.1, -0.05) is 29.8 Å². The summed E-state index contributed by atoms with van der Waals surface area (Å²) in [4.78, 5) is 25.7. The average molecular weight is 449 g/mol. The van der Waals surface area contributed by atoms with Crippen LogP contribution in [0.1, 0.15) is 39.1 Å². The maximum Gasteiger partial charge on any atom is 0.259 e. The molecule has 162 valence electrons. The molecule has 0 saturated heterocycles. The SMILES string of the molecule is Cn1c2cc(CCCCO)c(O)cc2c2c3c(c(-c4ccccc4Cl)cc21)C(=O)NC3=O. The molecule has 32 heavy (non-hydrogen) atoms. The number of unbranched alkanes of at least 4 members (excludes halogenated alkanes) is 1. The predicted molar refractivity (Wildman–Crippen MR) is 124 cm³/mol. The van der Waals surface area contributed by atoms with E-state index in [1.54, 1.807) is 12.1 Å². The lowest BCUT2D eigenvalue weighted by molar-refractivity contribution is 0.0880. The summed E-state index contributed by atoms with van der Waals surface area (Å²) in [6.45, 7) is 0.108. The number of fused-ring (bicyclic) bond motifs is 5. The average Bonchev–Trinajstić information content (AvgIpc) is 3.21. The lowest BCUT2D eigenvalue weighted by Crippen LogP contribution is -2.20. The number of rotatable bonds is 5. The van der Waals surface area contributed by atoms with Gasteiger partial charge in [0.2, 0.25) is 0 Å². The highest BCUT2D eigenvalue weighted by molar-refractivity contribution is 6.36. The van der Waals surface area contributed by atoms with E-state index in [1.165, 1.54) is 0 Å². The minimum absolute atomic E-state index is 0.108. The number of aromatic hydroxyl groups is 1. The Morgan fingerprint density at radius 3 is 2.47 bits per heavy atom. The molecule has 0 saturated carbocycles. The van der Waals surface area contributed by atoms with E-state index < -0.39 is 11.8 Å². The van der Waals surface area contributed by atoms with Crippen LogP contribution >= 0.6 is 11.6 Å². The second kappa shape index (κ2) is 7.65. The molecular formula is C25H21ClN2O4. The molecule has 0 spiro atoms. The van der Waals surface area contributed by atoms with E-state index in [4.69, 9.17) is 16.7 Å². The highest BCUT2D eigenvalue weighted by Crippen LogP contribution is 2.42. The lowest BCUT2D eigenvalue weighted by atomic mass is 9.92. The van der Waals surface area contributed by atoms with Gasteiger partial charge in [0.15, 0.2) is 0 Å². The fourth-order valence-corrected chi connectivity index (χ4v) is 4.88. The largest absolute Gasteiger partial charge is 0.508 e. The quantitative estimate of drug-likeness (QED) is 0.308. The number of hydrogen-bond acceptors (Lipinski definition) is 4. The number of phenolic OH excluding ortho intramolecular Hbond substituents is 1. The normalized spacial score (nSPS) is 13.2. The highest BCUT2D eigenvalue weighted by Gasteiger charge is 2.34. The van der Waals surface area contributed by atoms with Crippen molar-refractivity contribution in [3.05, 3.63) is 64.2 Å². The standard InChI is InChI=1S/C25H21ClN2O4/c1-28-18-10-13(6-4-5-9-29)20(30)12-16(18)21-19(28)11-15(14-7-2-3-8-17(14)26)22-23(21)25(32)27-24(22)31/h2-3,7-8,10-12,29-30H,4-6,9H2,1H3,(H,27,31,32). The number of nitrogens with one attached hydrogen (secondary N) is 1. The van der Waals surface area contributed by atoms with Crippen LogP contribution in [0.4, 0.5) is 0 Å².